The molecule has 0 radical (unpaired) electrons. The number of hydrogen-bond acceptors (Lipinski definition) is 3. The van der Waals surface area contributed by atoms with Gasteiger partial charge in [-0.05, 0) is 41.7 Å². The largest absolute Gasteiger partial charge is 0.333 e. The Hall–Kier alpha value is -2.86. The molecule has 6 nitrogen and oxygen atoms in total. The molecule has 0 aliphatic carbocycles. The SMILES string of the molecule is CC(=O)Nc1cccc(CCc2ccc(CNC(=O)NN)cc2)c1. The van der Waals surface area contributed by atoms with Gasteiger partial charge in [-0.2, -0.15) is 0 Å². The van der Waals surface area contributed by atoms with Gasteiger partial charge in [-0.3, -0.25) is 10.2 Å². The third-order valence-electron chi connectivity index (χ3n) is 3.56. The first-order valence-electron chi connectivity index (χ1n) is 7.75. The molecule has 0 bridgehead atoms. The Morgan fingerprint density at radius 2 is 1.62 bits per heavy atom. The van der Waals surface area contributed by atoms with Crippen LogP contribution in [0.15, 0.2) is 48.5 Å². The molecular formula is C18H22N4O2. The minimum Gasteiger partial charge on any atom is -0.333 e. The van der Waals surface area contributed by atoms with Crippen LogP contribution in [0.1, 0.15) is 23.6 Å². The van der Waals surface area contributed by atoms with Crippen LogP contribution >= 0.6 is 0 Å². The minimum atomic E-state index is -0.405. The normalized spacial score (nSPS) is 10.1. The summed E-state index contributed by atoms with van der Waals surface area (Å²) in [5, 5.41) is 5.43. The van der Waals surface area contributed by atoms with Crippen LogP contribution in [0.25, 0.3) is 0 Å². The topological polar surface area (TPSA) is 96.2 Å². The van der Waals surface area contributed by atoms with Crippen molar-refractivity contribution in [1.82, 2.24) is 10.7 Å². The van der Waals surface area contributed by atoms with Gasteiger partial charge >= 0.3 is 6.03 Å². The first-order valence-corrected chi connectivity index (χ1v) is 7.75. The number of amides is 3. The standard InChI is InChI=1S/C18H22N4O2/c1-13(23)21-17-4-2-3-15(11-17)8-5-14-6-9-16(10-7-14)12-20-18(24)22-19/h2-4,6-7,9-11H,5,8,12,19H2,1H3,(H,21,23)(H2,20,22,24). The highest BCUT2D eigenvalue weighted by atomic mass is 16.2. The van der Waals surface area contributed by atoms with Crippen molar-refractivity contribution >= 4 is 17.6 Å². The number of hydrazine groups is 1. The maximum Gasteiger partial charge on any atom is 0.329 e. The number of anilines is 1. The fraction of sp³-hybridized carbons (Fsp3) is 0.222. The van der Waals surface area contributed by atoms with Gasteiger partial charge in [-0.25, -0.2) is 10.6 Å². The van der Waals surface area contributed by atoms with E-state index >= 15 is 0 Å². The predicted molar refractivity (Wildman–Crippen MR) is 94.2 cm³/mol. The highest BCUT2D eigenvalue weighted by Crippen LogP contribution is 2.14. The van der Waals surface area contributed by atoms with E-state index in [9.17, 15) is 9.59 Å². The number of benzene rings is 2. The Labute approximate surface area is 141 Å². The van der Waals surface area contributed by atoms with Gasteiger partial charge in [0, 0.05) is 19.2 Å². The van der Waals surface area contributed by atoms with Crippen LogP contribution < -0.4 is 21.9 Å². The molecule has 2 aromatic carbocycles. The van der Waals surface area contributed by atoms with E-state index < -0.39 is 6.03 Å². The third-order valence-corrected chi connectivity index (χ3v) is 3.56. The van der Waals surface area contributed by atoms with E-state index in [1.165, 1.54) is 18.1 Å². The number of hydrogen-bond donors (Lipinski definition) is 4. The van der Waals surface area contributed by atoms with Gasteiger partial charge in [0.1, 0.15) is 0 Å². The Balaban J connectivity index is 1.88. The summed E-state index contributed by atoms with van der Waals surface area (Å²) in [6.45, 7) is 1.93. The van der Waals surface area contributed by atoms with Crippen LogP contribution in [0.3, 0.4) is 0 Å². The molecule has 24 heavy (non-hydrogen) atoms. The second-order valence-electron chi connectivity index (χ2n) is 5.53. The number of urea groups is 1. The highest BCUT2D eigenvalue weighted by Gasteiger charge is 2.01. The summed E-state index contributed by atoms with van der Waals surface area (Å²) < 4.78 is 0. The quantitative estimate of drug-likeness (QED) is 0.372. The van der Waals surface area contributed by atoms with Crippen LogP contribution in [-0.2, 0) is 24.2 Å². The Bertz CT molecular complexity index is 698. The molecule has 5 N–H and O–H groups in total. The first-order chi connectivity index (χ1) is 11.6. The summed E-state index contributed by atoms with van der Waals surface area (Å²) in [5.41, 5.74) is 6.24. The van der Waals surface area contributed by atoms with Crippen molar-refractivity contribution in [3.8, 4) is 0 Å². The molecule has 0 aliphatic heterocycles. The lowest BCUT2D eigenvalue weighted by Crippen LogP contribution is -2.39. The summed E-state index contributed by atoms with van der Waals surface area (Å²) in [4.78, 5) is 22.1. The molecule has 0 fully saturated rings. The van der Waals surface area contributed by atoms with E-state index in [1.807, 2.05) is 35.8 Å². The van der Waals surface area contributed by atoms with Crippen LogP contribution in [-0.4, -0.2) is 11.9 Å². The molecule has 0 aliphatic rings. The van der Waals surface area contributed by atoms with Gasteiger partial charge in [0.15, 0.2) is 0 Å². The smallest absolute Gasteiger partial charge is 0.329 e. The molecule has 0 spiro atoms. The highest BCUT2D eigenvalue weighted by molar-refractivity contribution is 5.88. The number of nitrogens with one attached hydrogen (secondary N) is 3. The number of rotatable bonds is 6. The van der Waals surface area contributed by atoms with Crippen molar-refractivity contribution in [2.75, 3.05) is 5.32 Å². The van der Waals surface area contributed by atoms with E-state index in [4.69, 9.17) is 5.84 Å². The lowest BCUT2D eigenvalue weighted by molar-refractivity contribution is -0.114. The monoisotopic (exact) mass is 326 g/mol. The van der Waals surface area contributed by atoms with E-state index in [0.29, 0.717) is 6.54 Å². The summed E-state index contributed by atoms with van der Waals surface area (Å²) in [6, 6.07) is 15.5. The maximum absolute atomic E-state index is 11.1. The molecule has 2 rings (SSSR count). The summed E-state index contributed by atoms with van der Waals surface area (Å²) in [6.07, 6.45) is 1.79. The van der Waals surface area contributed by atoms with E-state index in [1.54, 1.807) is 0 Å². The number of nitrogens with two attached hydrogens (primary N) is 1. The van der Waals surface area contributed by atoms with Gasteiger partial charge in [-0.1, -0.05) is 36.4 Å². The molecule has 0 heterocycles. The second kappa shape index (κ2) is 8.69. The van der Waals surface area contributed by atoms with Gasteiger partial charge in [0.2, 0.25) is 5.91 Å². The van der Waals surface area contributed by atoms with Crippen LogP contribution in [0, 0.1) is 0 Å². The summed E-state index contributed by atoms with van der Waals surface area (Å²) in [5.74, 6) is 4.94. The van der Waals surface area contributed by atoms with E-state index in [-0.39, 0.29) is 5.91 Å². The molecule has 6 heteroatoms. The summed E-state index contributed by atoms with van der Waals surface area (Å²) >= 11 is 0. The van der Waals surface area contributed by atoms with Gasteiger partial charge < -0.3 is 10.6 Å². The molecule has 3 amide bonds. The fourth-order valence-electron chi connectivity index (χ4n) is 2.35. The molecule has 0 unspecified atom stereocenters. The predicted octanol–water partition coefficient (Wildman–Crippen LogP) is 2.10. The molecule has 0 aromatic heterocycles. The Morgan fingerprint density at radius 1 is 0.958 bits per heavy atom. The molecule has 0 saturated carbocycles. The fourth-order valence-corrected chi connectivity index (χ4v) is 2.35. The zero-order valence-electron chi connectivity index (χ0n) is 13.6. The van der Waals surface area contributed by atoms with Crippen molar-refractivity contribution in [1.29, 1.82) is 0 Å². The molecule has 0 atom stereocenters. The average molecular weight is 326 g/mol. The van der Waals surface area contributed by atoms with Crippen molar-refractivity contribution in [3.63, 3.8) is 0 Å². The summed E-state index contributed by atoms with van der Waals surface area (Å²) in [7, 11) is 0. The Kier molecular flexibility index (Phi) is 6.33. The lowest BCUT2D eigenvalue weighted by atomic mass is 10.0. The zero-order valence-corrected chi connectivity index (χ0v) is 13.6. The average Bonchev–Trinajstić information content (AvgIpc) is 2.58. The molecule has 2 aromatic rings. The Morgan fingerprint density at radius 3 is 2.29 bits per heavy atom. The number of aryl methyl sites for hydroxylation is 2. The second-order valence-corrected chi connectivity index (χ2v) is 5.53. The molecular weight excluding hydrogens is 304 g/mol. The van der Waals surface area contributed by atoms with Crippen LogP contribution in [0.5, 0.6) is 0 Å². The van der Waals surface area contributed by atoms with Crippen molar-refractivity contribution < 1.29 is 9.59 Å². The third kappa shape index (κ3) is 5.73. The van der Waals surface area contributed by atoms with E-state index in [0.717, 1.165) is 24.1 Å². The maximum atomic E-state index is 11.1. The minimum absolute atomic E-state index is 0.0698. The first kappa shape index (κ1) is 17.5. The number of carbonyl (C=O) groups is 2. The van der Waals surface area contributed by atoms with Crippen molar-refractivity contribution in [3.05, 3.63) is 65.2 Å². The van der Waals surface area contributed by atoms with Crippen LogP contribution in [0.4, 0.5) is 10.5 Å². The van der Waals surface area contributed by atoms with E-state index in [2.05, 4.69) is 28.8 Å². The molecule has 0 saturated heterocycles. The van der Waals surface area contributed by atoms with Crippen molar-refractivity contribution in [2.45, 2.75) is 26.3 Å². The van der Waals surface area contributed by atoms with Gasteiger partial charge in [0.25, 0.3) is 0 Å². The lowest BCUT2D eigenvalue weighted by Gasteiger charge is -2.07. The van der Waals surface area contributed by atoms with Crippen molar-refractivity contribution in [2.24, 2.45) is 5.84 Å². The number of carbonyl (C=O) groups excluding carboxylic acids is 2. The van der Waals surface area contributed by atoms with Crippen LogP contribution in [0.2, 0.25) is 0 Å². The van der Waals surface area contributed by atoms with Gasteiger partial charge in [-0.15, -0.1) is 0 Å². The zero-order chi connectivity index (χ0) is 17.4. The molecule has 126 valence electrons. The van der Waals surface area contributed by atoms with Gasteiger partial charge in [0.05, 0.1) is 0 Å².